The summed E-state index contributed by atoms with van der Waals surface area (Å²) in [4.78, 5) is 13.8. The Labute approximate surface area is 149 Å². The van der Waals surface area contributed by atoms with E-state index < -0.39 is 15.6 Å². The monoisotopic (exact) mass is 369 g/mol. The van der Waals surface area contributed by atoms with Crippen LogP contribution in [0.3, 0.4) is 0 Å². The number of hydrogen-bond donors (Lipinski definition) is 2. The topological polar surface area (TPSA) is 87.7 Å². The van der Waals surface area contributed by atoms with Crippen LogP contribution in [0.2, 0.25) is 0 Å². The van der Waals surface area contributed by atoms with E-state index in [1.165, 1.54) is 0 Å². The Morgan fingerprint density at radius 3 is 2.40 bits per heavy atom. The second kappa shape index (κ2) is 7.51. The quantitative estimate of drug-likeness (QED) is 0.833. The van der Waals surface area contributed by atoms with Crippen molar-refractivity contribution >= 4 is 27.5 Å². The molecule has 1 saturated heterocycles. The summed E-state index contributed by atoms with van der Waals surface area (Å²) in [6.07, 6.45) is 0.546. The highest BCUT2D eigenvalue weighted by Crippen LogP contribution is 2.20. The average molecular weight is 369 g/mol. The summed E-state index contributed by atoms with van der Waals surface area (Å²) < 4.78 is 31.0. The molecule has 25 heavy (non-hydrogen) atoms. The fourth-order valence-electron chi connectivity index (χ4n) is 2.49. The van der Waals surface area contributed by atoms with E-state index in [2.05, 4.69) is 10.0 Å². The lowest BCUT2D eigenvalue weighted by atomic mass is 10.2. The lowest BCUT2D eigenvalue weighted by molar-refractivity contribution is 0.0293. The summed E-state index contributed by atoms with van der Waals surface area (Å²) >= 11 is 0. The minimum atomic E-state index is -3.27. The van der Waals surface area contributed by atoms with Gasteiger partial charge in [-0.1, -0.05) is 0 Å². The van der Waals surface area contributed by atoms with Gasteiger partial charge in [0.15, 0.2) is 0 Å². The molecule has 0 radical (unpaired) electrons. The molecule has 0 spiro atoms. The summed E-state index contributed by atoms with van der Waals surface area (Å²) in [7, 11) is -3.27. The Hall–Kier alpha value is -1.96. The number of likely N-dealkylation sites (tertiary alicyclic amines) is 1. The Morgan fingerprint density at radius 1 is 1.24 bits per heavy atom. The maximum Gasteiger partial charge on any atom is 0.410 e. The Bertz CT molecular complexity index is 696. The number of rotatable bonds is 5. The molecule has 140 valence electrons. The first-order chi connectivity index (χ1) is 11.6. The zero-order valence-electron chi connectivity index (χ0n) is 15.2. The molecule has 0 aliphatic carbocycles. The lowest BCUT2D eigenvalue weighted by Gasteiger charge is -2.24. The van der Waals surface area contributed by atoms with Crippen molar-refractivity contribution in [3.05, 3.63) is 24.3 Å². The number of nitrogens with zero attached hydrogens (tertiary/aromatic N) is 1. The second-order valence-electron chi connectivity index (χ2n) is 7.14. The highest BCUT2D eigenvalue weighted by molar-refractivity contribution is 7.92. The van der Waals surface area contributed by atoms with Gasteiger partial charge in [-0.2, -0.15) is 0 Å². The van der Waals surface area contributed by atoms with Gasteiger partial charge in [0.2, 0.25) is 10.0 Å². The highest BCUT2D eigenvalue weighted by atomic mass is 32.2. The van der Waals surface area contributed by atoms with Crippen LogP contribution in [0, 0.1) is 0 Å². The van der Waals surface area contributed by atoms with Crippen LogP contribution in [0.15, 0.2) is 24.3 Å². The number of anilines is 2. The fourth-order valence-corrected chi connectivity index (χ4v) is 3.13. The van der Waals surface area contributed by atoms with Crippen LogP contribution in [0.1, 0.15) is 34.1 Å². The molecule has 8 heteroatoms. The van der Waals surface area contributed by atoms with Crippen molar-refractivity contribution in [1.29, 1.82) is 0 Å². The van der Waals surface area contributed by atoms with Crippen LogP contribution in [0.5, 0.6) is 0 Å². The summed E-state index contributed by atoms with van der Waals surface area (Å²) in [6, 6.07) is 7.23. The van der Waals surface area contributed by atoms with Gasteiger partial charge in [-0.15, -0.1) is 0 Å². The predicted octanol–water partition coefficient (Wildman–Crippen LogP) is 2.87. The molecule has 1 amide bonds. The molecule has 1 aromatic rings. The largest absolute Gasteiger partial charge is 0.444 e. The number of amides is 1. The summed E-state index contributed by atoms with van der Waals surface area (Å²) in [5.74, 6) is 0.0373. The maximum absolute atomic E-state index is 12.1. The summed E-state index contributed by atoms with van der Waals surface area (Å²) in [6.45, 7) is 8.38. The molecule has 1 aliphatic rings. The molecule has 7 nitrogen and oxygen atoms in total. The Morgan fingerprint density at radius 2 is 1.84 bits per heavy atom. The Balaban J connectivity index is 1.88. The van der Waals surface area contributed by atoms with Crippen molar-refractivity contribution in [3.63, 3.8) is 0 Å². The minimum absolute atomic E-state index is 0.0373. The number of hydrogen-bond acceptors (Lipinski definition) is 5. The van der Waals surface area contributed by atoms with E-state index >= 15 is 0 Å². The zero-order chi connectivity index (χ0) is 18.7. The van der Waals surface area contributed by atoms with Crippen molar-refractivity contribution in [1.82, 2.24) is 4.90 Å². The van der Waals surface area contributed by atoms with Crippen LogP contribution in [0.25, 0.3) is 0 Å². The maximum atomic E-state index is 12.1. The smallest absolute Gasteiger partial charge is 0.410 e. The van der Waals surface area contributed by atoms with Crippen LogP contribution in [0.4, 0.5) is 16.2 Å². The van der Waals surface area contributed by atoms with Gasteiger partial charge in [-0.05, 0) is 58.4 Å². The van der Waals surface area contributed by atoms with Crippen molar-refractivity contribution in [2.45, 2.75) is 45.8 Å². The second-order valence-corrected chi connectivity index (χ2v) is 9.15. The van der Waals surface area contributed by atoms with Gasteiger partial charge in [-0.25, -0.2) is 13.2 Å². The molecule has 1 aromatic carbocycles. The van der Waals surface area contributed by atoms with Crippen LogP contribution < -0.4 is 10.0 Å². The van der Waals surface area contributed by atoms with Gasteiger partial charge in [-0.3, -0.25) is 4.72 Å². The number of carbonyl (C=O) groups is 1. The average Bonchev–Trinajstić information content (AvgIpc) is 2.96. The number of nitrogens with one attached hydrogen (secondary N) is 2. The molecule has 1 unspecified atom stereocenters. The number of sulfonamides is 1. The first-order valence-electron chi connectivity index (χ1n) is 8.43. The van der Waals surface area contributed by atoms with E-state index in [1.54, 1.807) is 24.0 Å². The standard InChI is InChI=1S/C17H27N3O4S/c1-5-25(22,23)19-14-8-6-13(7-9-14)18-15-10-11-20(12-15)16(21)24-17(2,3)4/h6-9,15,18-19H,5,10-12H2,1-4H3. The molecular formula is C17H27N3O4S. The molecule has 2 rings (SSSR count). The summed E-state index contributed by atoms with van der Waals surface area (Å²) in [5.41, 5.74) is 0.925. The van der Waals surface area contributed by atoms with Crippen molar-refractivity contribution < 1.29 is 17.9 Å². The van der Waals surface area contributed by atoms with Crippen LogP contribution in [-0.4, -0.2) is 49.9 Å². The van der Waals surface area contributed by atoms with E-state index in [9.17, 15) is 13.2 Å². The fraction of sp³-hybridized carbons (Fsp3) is 0.588. The molecule has 2 N–H and O–H groups in total. The van der Waals surface area contributed by atoms with E-state index in [4.69, 9.17) is 4.74 Å². The molecule has 0 aromatic heterocycles. The summed E-state index contributed by atoms with van der Waals surface area (Å²) in [5, 5.41) is 3.37. The minimum Gasteiger partial charge on any atom is -0.444 e. The van der Waals surface area contributed by atoms with Gasteiger partial charge in [0.1, 0.15) is 5.60 Å². The molecule has 1 aliphatic heterocycles. The van der Waals surface area contributed by atoms with E-state index in [-0.39, 0.29) is 17.9 Å². The normalized spacial score (nSPS) is 18.1. The van der Waals surface area contributed by atoms with Gasteiger partial charge >= 0.3 is 6.09 Å². The third kappa shape index (κ3) is 6.12. The number of carbonyl (C=O) groups excluding carboxylic acids is 1. The van der Waals surface area contributed by atoms with E-state index in [0.29, 0.717) is 18.8 Å². The Kier molecular flexibility index (Phi) is 5.82. The first kappa shape index (κ1) is 19.4. The van der Waals surface area contributed by atoms with Gasteiger partial charge in [0, 0.05) is 30.5 Å². The predicted molar refractivity (Wildman–Crippen MR) is 99.4 cm³/mol. The lowest BCUT2D eigenvalue weighted by Crippen LogP contribution is -2.36. The van der Waals surface area contributed by atoms with E-state index in [1.807, 2.05) is 32.9 Å². The van der Waals surface area contributed by atoms with Crippen molar-refractivity contribution in [3.8, 4) is 0 Å². The third-order valence-corrected chi connectivity index (χ3v) is 5.06. The molecule has 1 atom stereocenters. The SMILES string of the molecule is CCS(=O)(=O)Nc1ccc(NC2CCN(C(=O)OC(C)(C)C)C2)cc1. The van der Waals surface area contributed by atoms with Gasteiger partial charge < -0.3 is 15.0 Å². The number of benzene rings is 1. The van der Waals surface area contributed by atoms with Crippen LogP contribution in [-0.2, 0) is 14.8 Å². The molecule has 1 heterocycles. The molecule has 1 fully saturated rings. The molecular weight excluding hydrogens is 342 g/mol. The van der Waals surface area contributed by atoms with Crippen molar-refractivity contribution in [2.24, 2.45) is 0 Å². The van der Waals surface area contributed by atoms with Crippen LogP contribution >= 0.6 is 0 Å². The third-order valence-electron chi connectivity index (χ3n) is 3.75. The molecule has 0 bridgehead atoms. The van der Waals surface area contributed by atoms with Crippen molar-refractivity contribution in [2.75, 3.05) is 28.9 Å². The van der Waals surface area contributed by atoms with Gasteiger partial charge in [0.25, 0.3) is 0 Å². The van der Waals surface area contributed by atoms with Gasteiger partial charge in [0.05, 0.1) is 5.75 Å². The number of ether oxygens (including phenoxy) is 1. The van der Waals surface area contributed by atoms with E-state index in [0.717, 1.165) is 12.1 Å². The first-order valence-corrected chi connectivity index (χ1v) is 10.1. The highest BCUT2D eigenvalue weighted by Gasteiger charge is 2.29. The zero-order valence-corrected chi connectivity index (χ0v) is 16.0. The molecule has 0 saturated carbocycles.